The molecule has 1 aromatic rings. The summed E-state index contributed by atoms with van der Waals surface area (Å²) in [5.41, 5.74) is 0.266. The van der Waals surface area contributed by atoms with Gasteiger partial charge in [0.05, 0.1) is 11.3 Å². The van der Waals surface area contributed by atoms with E-state index in [0.29, 0.717) is 17.3 Å². The van der Waals surface area contributed by atoms with E-state index in [9.17, 15) is 14.4 Å². The van der Waals surface area contributed by atoms with Crippen LogP contribution < -0.4 is 4.90 Å². The molecule has 7 heteroatoms. The van der Waals surface area contributed by atoms with E-state index in [4.69, 9.17) is 9.84 Å². The molecule has 0 radical (unpaired) electrons. The van der Waals surface area contributed by atoms with E-state index in [0.717, 1.165) is 4.90 Å². The van der Waals surface area contributed by atoms with Gasteiger partial charge in [-0.1, -0.05) is 0 Å². The number of nitrogens with zero attached hydrogens (tertiary/aromatic N) is 1. The van der Waals surface area contributed by atoms with Crippen molar-refractivity contribution in [2.45, 2.75) is 25.0 Å². The lowest BCUT2D eigenvalue weighted by molar-refractivity contribution is -0.146. The third-order valence-corrected chi connectivity index (χ3v) is 4.12. The Morgan fingerprint density at radius 2 is 1.85 bits per heavy atom. The number of anilines is 1. The summed E-state index contributed by atoms with van der Waals surface area (Å²) in [7, 11) is 0. The molecule has 104 valence electrons. The smallest absolute Gasteiger partial charge is 0.335 e. The normalized spacial score (nSPS) is 25.1. The van der Waals surface area contributed by atoms with Crippen molar-refractivity contribution in [2.75, 3.05) is 4.90 Å². The number of rotatable bonds is 2. The van der Waals surface area contributed by atoms with Crippen molar-refractivity contribution in [3.05, 3.63) is 28.2 Å². The minimum Gasteiger partial charge on any atom is -0.478 e. The molecule has 2 amide bonds. The third kappa shape index (κ3) is 1.94. The van der Waals surface area contributed by atoms with Crippen LogP contribution in [0.5, 0.6) is 0 Å². The zero-order chi connectivity index (χ0) is 14.4. The minimum atomic E-state index is -1.12. The second-order valence-corrected chi connectivity index (χ2v) is 5.53. The molecule has 2 heterocycles. The zero-order valence-corrected chi connectivity index (χ0v) is 11.8. The molecule has 3 rings (SSSR count). The van der Waals surface area contributed by atoms with Gasteiger partial charge in [0.15, 0.2) is 0 Å². The second-order valence-electron chi connectivity index (χ2n) is 4.67. The number of ether oxygens (including phenoxy) is 1. The first-order chi connectivity index (χ1) is 9.49. The number of hydrogen-bond donors (Lipinski definition) is 1. The molecule has 1 N–H and O–H groups in total. The summed E-state index contributed by atoms with van der Waals surface area (Å²) < 4.78 is 5.81. The largest absolute Gasteiger partial charge is 0.478 e. The highest BCUT2D eigenvalue weighted by Gasteiger charge is 2.47. The third-order valence-electron chi connectivity index (χ3n) is 3.45. The van der Waals surface area contributed by atoms with Crippen molar-refractivity contribution in [2.24, 2.45) is 0 Å². The molecule has 2 saturated heterocycles. The first kappa shape index (κ1) is 13.3. The summed E-state index contributed by atoms with van der Waals surface area (Å²) >= 11 is 3.25. The molecule has 2 aliphatic heterocycles. The maximum atomic E-state index is 12.2. The van der Waals surface area contributed by atoms with Crippen molar-refractivity contribution in [3.63, 3.8) is 0 Å². The second kappa shape index (κ2) is 4.68. The molecule has 2 aliphatic rings. The van der Waals surface area contributed by atoms with E-state index in [1.165, 1.54) is 18.2 Å². The molecule has 0 saturated carbocycles. The Kier molecular flexibility index (Phi) is 3.10. The van der Waals surface area contributed by atoms with Crippen LogP contribution in [-0.4, -0.2) is 35.1 Å². The van der Waals surface area contributed by atoms with Crippen LogP contribution in [0, 0.1) is 0 Å². The Morgan fingerprint density at radius 3 is 2.40 bits per heavy atom. The zero-order valence-electron chi connectivity index (χ0n) is 10.2. The lowest BCUT2D eigenvalue weighted by Crippen LogP contribution is -2.52. The maximum Gasteiger partial charge on any atom is 0.335 e. The van der Waals surface area contributed by atoms with Gasteiger partial charge in [-0.25, -0.2) is 9.69 Å². The topological polar surface area (TPSA) is 83.9 Å². The van der Waals surface area contributed by atoms with E-state index in [1.54, 1.807) is 0 Å². The van der Waals surface area contributed by atoms with Crippen LogP contribution in [0.15, 0.2) is 22.7 Å². The summed E-state index contributed by atoms with van der Waals surface area (Å²) in [6.07, 6.45) is -0.194. The number of morpholine rings is 1. The molecular formula is C13H10BrNO5. The molecule has 2 fully saturated rings. The number of aromatic carboxylic acids is 1. The molecule has 6 nitrogen and oxygen atoms in total. The summed E-state index contributed by atoms with van der Waals surface area (Å²) in [6, 6.07) is 4.23. The lowest BCUT2D eigenvalue weighted by Gasteiger charge is -2.30. The van der Waals surface area contributed by atoms with Gasteiger partial charge in [-0.05, 0) is 47.0 Å². The van der Waals surface area contributed by atoms with Crippen LogP contribution >= 0.6 is 15.9 Å². The maximum absolute atomic E-state index is 12.2. The quantitative estimate of drug-likeness (QED) is 0.826. The average Bonchev–Trinajstić information content (AvgIpc) is 2.85. The van der Waals surface area contributed by atoms with Gasteiger partial charge in [-0.15, -0.1) is 0 Å². The highest BCUT2D eigenvalue weighted by Crippen LogP contribution is 2.35. The molecule has 0 spiro atoms. The highest BCUT2D eigenvalue weighted by molar-refractivity contribution is 9.10. The fraction of sp³-hybridized carbons (Fsp3) is 0.308. The Hall–Kier alpha value is -1.73. The number of fused-ring (bicyclic) bond motifs is 2. The average molecular weight is 340 g/mol. The number of carboxylic acids is 1. The van der Waals surface area contributed by atoms with Crippen molar-refractivity contribution >= 4 is 39.4 Å². The Balaban J connectivity index is 2.07. The molecule has 0 aliphatic carbocycles. The van der Waals surface area contributed by atoms with Crippen LogP contribution in [0.25, 0.3) is 0 Å². The van der Waals surface area contributed by atoms with Gasteiger partial charge < -0.3 is 9.84 Å². The van der Waals surface area contributed by atoms with Gasteiger partial charge in [0, 0.05) is 4.47 Å². The van der Waals surface area contributed by atoms with Gasteiger partial charge in [0.2, 0.25) is 0 Å². The number of carbonyl (C=O) groups is 3. The molecule has 1 aromatic carbocycles. The molecular weight excluding hydrogens is 330 g/mol. The van der Waals surface area contributed by atoms with Crippen LogP contribution in [0.2, 0.25) is 0 Å². The predicted molar refractivity (Wildman–Crippen MR) is 71.5 cm³/mol. The SMILES string of the molecule is O=C(O)c1ccc(Br)c(N2C(=O)C3CCC(O3)C2=O)c1. The van der Waals surface area contributed by atoms with Crippen LogP contribution in [0.4, 0.5) is 5.69 Å². The predicted octanol–water partition coefficient (Wildman–Crippen LogP) is 1.57. The molecule has 2 bridgehead atoms. The van der Waals surface area contributed by atoms with E-state index < -0.39 is 30.0 Å². The van der Waals surface area contributed by atoms with Crippen LogP contribution in [0.1, 0.15) is 23.2 Å². The molecule has 0 aromatic heterocycles. The number of carboxylic acid groups (broad SMARTS) is 1. The van der Waals surface area contributed by atoms with Gasteiger partial charge in [0.25, 0.3) is 11.8 Å². The van der Waals surface area contributed by atoms with Gasteiger partial charge in [-0.3, -0.25) is 9.59 Å². The fourth-order valence-electron chi connectivity index (χ4n) is 2.45. The van der Waals surface area contributed by atoms with E-state index in [2.05, 4.69) is 15.9 Å². The monoisotopic (exact) mass is 339 g/mol. The summed E-state index contributed by atoms with van der Waals surface area (Å²) in [5.74, 6) is -1.99. The van der Waals surface area contributed by atoms with Gasteiger partial charge >= 0.3 is 5.97 Å². The standard InChI is InChI=1S/C13H10BrNO5/c14-7-2-1-6(13(18)19)5-8(7)15-11(16)9-3-4-10(20-9)12(15)17/h1-2,5,9-10H,3-4H2,(H,18,19). The van der Waals surface area contributed by atoms with E-state index in [-0.39, 0.29) is 11.3 Å². The Bertz CT molecular complexity index is 607. The Labute approximate surface area is 122 Å². The van der Waals surface area contributed by atoms with Crippen LogP contribution in [-0.2, 0) is 14.3 Å². The van der Waals surface area contributed by atoms with Gasteiger partial charge in [0.1, 0.15) is 12.2 Å². The van der Waals surface area contributed by atoms with Crippen LogP contribution in [0.3, 0.4) is 0 Å². The number of amides is 2. The highest BCUT2D eigenvalue weighted by atomic mass is 79.9. The van der Waals surface area contributed by atoms with Gasteiger partial charge in [-0.2, -0.15) is 0 Å². The number of imide groups is 1. The number of halogens is 1. The van der Waals surface area contributed by atoms with E-state index in [1.807, 2.05) is 0 Å². The number of hydrogen-bond acceptors (Lipinski definition) is 4. The molecule has 2 unspecified atom stereocenters. The first-order valence-corrected chi connectivity index (χ1v) is 6.84. The lowest BCUT2D eigenvalue weighted by atomic mass is 10.1. The summed E-state index contributed by atoms with van der Waals surface area (Å²) in [5, 5.41) is 9.02. The molecule has 20 heavy (non-hydrogen) atoms. The first-order valence-electron chi connectivity index (χ1n) is 6.05. The number of carbonyl (C=O) groups excluding carboxylic acids is 2. The van der Waals surface area contributed by atoms with Crippen molar-refractivity contribution < 1.29 is 24.2 Å². The molecule has 2 atom stereocenters. The summed E-state index contributed by atoms with van der Waals surface area (Å²) in [6.45, 7) is 0. The Morgan fingerprint density at radius 1 is 1.25 bits per heavy atom. The van der Waals surface area contributed by atoms with Crippen molar-refractivity contribution in [1.29, 1.82) is 0 Å². The fourth-order valence-corrected chi connectivity index (χ4v) is 2.88. The van der Waals surface area contributed by atoms with Crippen molar-refractivity contribution in [1.82, 2.24) is 0 Å². The van der Waals surface area contributed by atoms with Crippen molar-refractivity contribution in [3.8, 4) is 0 Å². The number of benzene rings is 1. The minimum absolute atomic E-state index is 0.0163. The summed E-state index contributed by atoms with van der Waals surface area (Å²) in [4.78, 5) is 36.5. The van der Waals surface area contributed by atoms with E-state index >= 15 is 0 Å².